The maximum absolute atomic E-state index is 13.8. The van der Waals surface area contributed by atoms with Gasteiger partial charge in [0.25, 0.3) is 0 Å². The third kappa shape index (κ3) is 3.50. The molecule has 0 saturated carbocycles. The van der Waals surface area contributed by atoms with Crippen LogP contribution in [-0.4, -0.2) is 16.5 Å². The number of rotatable bonds is 4. The van der Waals surface area contributed by atoms with Crippen LogP contribution in [0.2, 0.25) is 0 Å². The number of nitrogens with zero attached hydrogens (tertiary/aromatic N) is 2. The minimum Gasteiger partial charge on any atom is -0.368 e. The molecule has 0 spiro atoms. The van der Waals surface area contributed by atoms with Crippen molar-refractivity contribution in [3.63, 3.8) is 0 Å². The van der Waals surface area contributed by atoms with Crippen molar-refractivity contribution in [2.45, 2.75) is 20.3 Å². The summed E-state index contributed by atoms with van der Waals surface area (Å²) in [6, 6.07) is 7.94. The molecule has 0 fully saturated rings. The van der Waals surface area contributed by atoms with Crippen LogP contribution in [0.1, 0.15) is 24.0 Å². The Morgan fingerprint density at radius 1 is 1.21 bits per heavy atom. The average Bonchev–Trinajstić information content (AvgIpc) is 2.38. The first-order chi connectivity index (χ1) is 9.10. The van der Waals surface area contributed by atoms with Crippen LogP contribution in [0, 0.1) is 12.7 Å². The molecule has 3 nitrogen and oxygen atoms in total. The summed E-state index contributed by atoms with van der Waals surface area (Å²) in [7, 11) is 0. The van der Waals surface area contributed by atoms with Gasteiger partial charge in [0, 0.05) is 17.4 Å². The first kappa shape index (κ1) is 13.9. The van der Waals surface area contributed by atoms with E-state index in [9.17, 15) is 4.39 Å². The second-order valence-corrected chi connectivity index (χ2v) is 5.14. The van der Waals surface area contributed by atoms with Gasteiger partial charge in [-0.3, -0.25) is 0 Å². The summed E-state index contributed by atoms with van der Waals surface area (Å²) in [5.74, 6) is 0.528. The van der Waals surface area contributed by atoms with E-state index in [4.69, 9.17) is 0 Å². The lowest BCUT2D eigenvalue weighted by Gasteiger charge is -2.09. The maximum atomic E-state index is 13.8. The van der Waals surface area contributed by atoms with Gasteiger partial charge in [0.1, 0.15) is 5.82 Å². The molecule has 0 bridgehead atoms. The summed E-state index contributed by atoms with van der Waals surface area (Å²) in [6.45, 7) is 4.19. The minimum atomic E-state index is -0.374. The van der Waals surface area contributed by atoms with Crippen LogP contribution in [0.25, 0.3) is 0 Å². The van der Waals surface area contributed by atoms with Crippen LogP contribution in [0.5, 0.6) is 0 Å². The average molecular weight is 324 g/mol. The molecule has 5 heteroatoms. The van der Waals surface area contributed by atoms with Crippen molar-refractivity contribution in [2.24, 2.45) is 0 Å². The number of aryl methyl sites for hydroxylation is 1. The molecule has 0 unspecified atom stereocenters. The fourth-order valence-corrected chi connectivity index (χ4v) is 2.03. The number of anilines is 1. The molecule has 0 aliphatic carbocycles. The van der Waals surface area contributed by atoms with E-state index in [2.05, 4.69) is 31.2 Å². The van der Waals surface area contributed by atoms with Gasteiger partial charge in [-0.2, -0.15) is 0 Å². The van der Waals surface area contributed by atoms with E-state index in [0.717, 1.165) is 10.0 Å². The number of aromatic nitrogens is 2. The van der Waals surface area contributed by atoms with Gasteiger partial charge in [-0.1, -0.05) is 28.1 Å². The molecule has 2 rings (SSSR count). The smallest absolute Gasteiger partial charge is 0.186 e. The quantitative estimate of drug-likeness (QED) is 0.932. The Morgan fingerprint density at radius 2 is 1.89 bits per heavy atom. The van der Waals surface area contributed by atoms with Gasteiger partial charge in [-0.05, 0) is 31.5 Å². The van der Waals surface area contributed by atoms with Crippen LogP contribution in [0.15, 0.2) is 28.7 Å². The standard InChI is InChI=1S/C14H15BrFN3/c1-3-17-14-13(16)9(2)18-12(19-14)8-10-4-6-11(15)7-5-10/h4-7H,3,8H2,1-2H3,(H,17,18,19). The van der Waals surface area contributed by atoms with Gasteiger partial charge in [0.05, 0.1) is 5.69 Å². The van der Waals surface area contributed by atoms with Gasteiger partial charge < -0.3 is 5.32 Å². The van der Waals surface area contributed by atoms with E-state index in [0.29, 0.717) is 24.5 Å². The molecule has 0 atom stereocenters. The highest BCUT2D eigenvalue weighted by molar-refractivity contribution is 9.10. The molecule has 1 N–H and O–H groups in total. The number of hydrogen-bond donors (Lipinski definition) is 1. The third-order valence-electron chi connectivity index (χ3n) is 2.68. The topological polar surface area (TPSA) is 37.8 Å². The van der Waals surface area contributed by atoms with Crippen LogP contribution in [-0.2, 0) is 6.42 Å². The lowest BCUT2D eigenvalue weighted by molar-refractivity contribution is 0.601. The number of halogens is 2. The molecule has 2 aromatic rings. The predicted molar refractivity (Wildman–Crippen MR) is 77.8 cm³/mol. The SMILES string of the molecule is CCNc1nc(Cc2ccc(Br)cc2)nc(C)c1F. The van der Waals surface area contributed by atoms with E-state index in [1.165, 1.54) is 0 Å². The normalized spacial score (nSPS) is 10.5. The van der Waals surface area contributed by atoms with Crippen molar-refractivity contribution in [1.29, 1.82) is 0 Å². The highest BCUT2D eigenvalue weighted by Gasteiger charge is 2.11. The molecule has 0 aliphatic rings. The van der Waals surface area contributed by atoms with E-state index in [1.54, 1.807) is 6.92 Å². The molecule has 100 valence electrons. The second-order valence-electron chi connectivity index (χ2n) is 4.22. The summed E-state index contributed by atoms with van der Waals surface area (Å²) in [6.07, 6.45) is 0.590. The van der Waals surface area contributed by atoms with Crippen LogP contribution >= 0.6 is 15.9 Å². The molecule has 1 aromatic heterocycles. The van der Waals surface area contributed by atoms with Crippen molar-refractivity contribution in [2.75, 3.05) is 11.9 Å². The lowest BCUT2D eigenvalue weighted by atomic mass is 10.1. The fraction of sp³-hybridized carbons (Fsp3) is 0.286. The van der Waals surface area contributed by atoms with Crippen LogP contribution in [0.3, 0.4) is 0 Å². The Hall–Kier alpha value is -1.49. The van der Waals surface area contributed by atoms with Gasteiger partial charge in [0.15, 0.2) is 11.6 Å². The molecule has 0 amide bonds. The van der Waals surface area contributed by atoms with E-state index in [1.807, 2.05) is 31.2 Å². The zero-order chi connectivity index (χ0) is 13.8. The van der Waals surface area contributed by atoms with Crippen molar-refractivity contribution in [1.82, 2.24) is 9.97 Å². The highest BCUT2D eigenvalue weighted by Crippen LogP contribution is 2.17. The Kier molecular flexibility index (Phi) is 4.47. The molecular weight excluding hydrogens is 309 g/mol. The summed E-state index contributed by atoms with van der Waals surface area (Å²) >= 11 is 3.39. The molecule has 0 radical (unpaired) electrons. The monoisotopic (exact) mass is 323 g/mol. The maximum Gasteiger partial charge on any atom is 0.186 e. The summed E-state index contributed by atoms with van der Waals surface area (Å²) < 4.78 is 14.8. The molecule has 0 saturated heterocycles. The molecule has 19 heavy (non-hydrogen) atoms. The summed E-state index contributed by atoms with van der Waals surface area (Å²) in [5, 5.41) is 2.92. The van der Waals surface area contributed by atoms with Crippen molar-refractivity contribution in [3.8, 4) is 0 Å². The van der Waals surface area contributed by atoms with Crippen LogP contribution < -0.4 is 5.32 Å². The van der Waals surface area contributed by atoms with Gasteiger partial charge in [0.2, 0.25) is 0 Å². The zero-order valence-corrected chi connectivity index (χ0v) is 12.5. The van der Waals surface area contributed by atoms with Gasteiger partial charge in [-0.15, -0.1) is 0 Å². The molecule has 1 aromatic carbocycles. The largest absolute Gasteiger partial charge is 0.368 e. The van der Waals surface area contributed by atoms with E-state index < -0.39 is 0 Å². The lowest BCUT2D eigenvalue weighted by Crippen LogP contribution is -2.09. The van der Waals surface area contributed by atoms with Crippen LogP contribution in [0.4, 0.5) is 10.2 Å². The van der Waals surface area contributed by atoms with Gasteiger partial charge in [-0.25, -0.2) is 14.4 Å². The zero-order valence-electron chi connectivity index (χ0n) is 10.9. The van der Waals surface area contributed by atoms with Crippen molar-refractivity contribution >= 4 is 21.7 Å². The number of benzene rings is 1. The number of nitrogens with one attached hydrogen (secondary N) is 1. The van der Waals surface area contributed by atoms with Crippen molar-refractivity contribution in [3.05, 3.63) is 51.6 Å². The first-order valence-electron chi connectivity index (χ1n) is 6.11. The fourth-order valence-electron chi connectivity index (χ4n) is 1.77. The molecular formula is C14H15BrFN3. The highest BCUT2D eigenvalue weighted by atomic mass is 79.9. The third-order valence-corrected chi connectivity index (χ3v) is 3.21. The predicted octanol–water partition coefficient (Wildman–Crippen LogP) is 3.71. The summed E-state index contributed by atoms with van der Waals surface area (Å²) in [5.41, 5.74) is 1.47. The second kappa shape index (κ2) is 6.10. The van der Waals surface area contributed by atoms with Crippen molar-refractivity contribution < 1.29 is 4.39 Å². The summed E-state index contributed by atoms with van der Waals surface area (Å²) in [4.78, 5) is 8.43. The van der Waals surface area contributed by atoms with E-state index in [-0.39, 0.29) is 11.6 Å². The number of hydrogen-bond acceptors (Lipinski definition) is 3. The molecule has 1 heterocycles. The molecule has 0 aliphatic heterocycles. The Labute approximate surface area is 120 Å². The Bertz CT molecular complexity index is 570. The van der Waals surface area contributed by atoms with Gasteiger partial charge >= 0.3 is 0 Å². The van der Waals surface area contributed by atoms with E-state index >= 15 is 0 Å². The first-order valence-corrected chi connectivity index (χ1v) is 6.90. The Morgan fingerprint density at radius 3 is 2.53 bits per heavy atom. The minimum absolute atomic E-state index is 0.280. The Balaban J connectivity index is 2.27.